The Morgan fingerprint density at radius 3 is 1.81 bits per heavy atom. The van der Waals surface area contributed by atoms with E-state index < -0.39 is 21.5 Å². The molecule has 2 atom stereocenters. The van der Waals surface area contributed by atoms with Crippen molar-refractivity contribution in [3.05, 3.63) is 0 Å². The Morgan fingerprint density at radius 2 is 1.33 bits per heavy atom. The van der Waals surface area contributed by atoms with Crippen LogP contribution in [-0.2, 0) is 10.1 Å². The quantitative estimate of drug-likeness (QED) is 0.369. The molecule has 0 aromatic heterocycles. The zero-order valence-electron chi connectivity index (χ0n) is 13.8. The fraction of sp³-hybridized carbons (Fsp3) is 1.00. The molecular weight excluding hydrogens is 288 g/mol. The predicted molar refractivity (Wildman–Crippen MR) is 88.1 cm³/mol. The van der Waals surface area contributed by atoms with E-state index in [0.29, 0.717) is 12.8 Å². The molecule has 0 aliphatic carbocycles. The van der Waals surface area contributed by atoms with E-state index in [2.05, 4.69) is 6.92 Å². The number of aliphatic hydroxyl groups is 1. The molecule has 0 aliphatic heterocycles. The lowest BCUT2D eigenvalue weighted by atomic mass is 10.0. The molecule has 0 saturated carbocycles. The number of hydrogen-bond acceptors (Lipinski definition) is 3. The van der Waals surface area contributed by atoms with Crippen LogP contribution in [0.25, 0.3) is 0 Å². The molecule has 0 amide bonds. The highest BCUT2D eigenvalue weighted by Crippen LogP contribution is 2.19. The van der Waals surface area contributed by atoms with Crippen LogP contribution in [0.3, 0.4) is 0 Å². The predicted octanol–water partition coefficient (Wildman–Crippen LogP) is 4.32. The third kappa shape index (κ3) is 12.1. The summed E-state index contributed by atoms with van der Waals surface area (Å²) in [6.45, 7) is 4.15. The molecule has 0 rings (SSSR count). The average molecular weight is 323 g/mol. The lowest BCUT2D eigenvalue weighted by Crippen LogP contribution is -2.26. The minimum Gasteiger partial charge on any atom is -0.393 e. The van der Waals surface area contributed by atoms with Gasteiger partial charge >= 0.3 is 0 Å². The number of aliphatic hydroxyl groups excluding tert-OH is 1. The summed E-state index contributed by atoms with van der Waals surface area (Å²) in [6.07, 6.45) is 10.6. The first kappa shape index (κ1) is 20.9. The van der Waals surface area contributed by atoms with Gasteiger partial charge < -0.3 is 5.11 Å². The van der Waals surface area contributed by atoms with E-state index in [1.807, 2.05) is 6.92 Å². The third-order valence-electron chi connectivity index (χ3n) is 3.96. The van der Waals surface area contributed by atoms with Gasteiger partial charge in [-0.25, -0.2) is 0 Å². The summed E-state index contributed by atoms with van der Waals surface area (Å²) in [5.41, 5.74) is 0. The van der Waals surface area contributed by atoms with Gasteiger partial charge in [0.25, 0.3) is 10.1 Å². The van der Waals surface area contributed by atoms with E-state index in [0.717, 1.165) is 25.7 Å². The summed E-state index contributed by atoms with van der Waals surface area (Å²) in [6, 6.07) is 0. The first-order chi connectivity index (χ1) is 9.91. The monoisotopic (exact) mass is 322 g/mol. The zero-order valence-corrected chi connectivity index (χ0v) is 14.6. The van der Waals surface area contributed by atoms with E-state index in [1.54, 1.807) is 0 Å². The first-order valence-electron chi connectivity index (χ1n) is 8.56. The highest BCUT2D eigenvalue weighted by atomic mass is 32.2. The fourth-order valence-electron chi connectivity index (χ4n) is 2.65. The molecule has 0 aromatic carbocycles. The molecule has 21 heavy (non-hydrogen) atoms. The van der Waals surface area contributed by atoms with Gasteiger partial charge in [-0.05, 0) is 19.3 Å². The second-order valence-corrected chi connectivity index (χ2v) is 7.78. The molecule has 2 unspecified atom stereocenters. The van der Waals surface area contributed by atoms with Crippen LogP contribution in [0, 0.1) is 0 Å². The third-order valence-corrected chi connectivity index (χ3v) is 5.23. The van der Waals surface area contributed by atoms with Crippen molar-refractivity contribution in [2.75, 3.05) is 0 Å². The van der Waals surface area contributed by atoms with Crippen LogP contribution >= 0.6 is 0 Å². The highest BCUT2D eigenvalue weighted by Gasteiger charge is 2.25. The first-order valence-corrected chi connectivity index (χ1v) is 10.1. The second kappa shape index (κ2) is 12.4. The summed E-state index contributed by atoms with van der Waals surface area (Å²) in [4.78, 5) is 0. The van der Waals surface area contributed by atoms with Crippen molar-refractivity contribution < 1.29 is 18.1 Å². The van der Waals surface area contributed by atoms with E-state index in [-0.39, 0.29) is 6.42 Å². The maximum atomic E-state index is 11.4. The molecule has 128 valence electrons. The summed E-state index contributed by atoms with van der Waals surface area (Å²) in [7, 11) is -4.04. The van der Waals surface area contributed by atoms with Gasteiger partial charge in [0.2, 0.25) is 0 Å². The van der Waals surface area contributed by atoms with Gasteiger partial charge in [-0.1, -0.05) is 71.6 Å². The minimum absolute atomic E-state index is 0.156. The summed E-state index contributed by atoms with van der Waals surface area (Å²) >= 11 is 0. The zero-order chi connectivity index (χ0) is 16.1. The lowest BCUT2D eigenvalue weighted by Gasteiger charge is -2.17. The van der Waals surface area contributed by atoms with Crippen molar-refractivity contribution in [2.45, 2.75) is 102 Å². The highest BCUT2D eigenvalue weighted by molar-refractivity contribution is 7.86. The van der Waals surface area contributed by atoms with Gasteiger partial charge in [-0.15, -0.1) is 0 Å². The molecule has 0 aliphatic rings. The van der Waals surface area contributed by atoms with Gasteiger partial charge in [0, 0.05) is 0 Å². The van der Waals surface area contributed by atoms with Crippen molar-refractivity contribution in [1.82, 2.24) is 0 Å². The van der Waals surface area contributed by atoms with Gasteiger partial charge in [0.05, 0.1) is 11.4 Å². The molecule has 0 bridgehead atoms. The lowest BCUT2D eigenvalue weighted by molar-refractivity contribution is 0.149. The Labute approximate surface area is 131 Å². The van der Waals surface area contributed by atoms with Crippen LogP contribution in [0.2, 0.25) is 0 Å². The Morgan fingerprint density at radius 1 is 0.810 bits per heavy atom. The summed E-state index contributed by atoms with van der Waals surface area (Å²) in [5, 5.41) is 8.92. The van der Waals surface area contributed by atoms with Gasteiger partial charge in [-0.3, -0.25) is 4.55 Å². The van der Waals surface area contributed by atoms with Gasteiger partial charge in [-0.2, -0.15) is 8.42 Å². The maximum absolute atomic E-state index is 11.4. The molecule has 0 saturated heterocycles. The van der Waals surface area contributed by atoms with Crippen LogP contribution in [0.5, 0.6) is 0 Å². The van der Waals surface area contributed by atoms with Crippen molar-refractivity contribution in [3.63, 3.8) is 0 Å². The average Bonchev–Trinajstić information content (AvgIpc) is 2.39. The van der Waals surface area contributed by atoms with Gasteiger partial charge in [0.15, 0.2) is 0 Å². The fourth-order valence-corrected chi connectivity index (χ4v) is 3.58. The van der Waals surface area contributed by atoms with Crippen LogP contribution in [0.15, 0.2) is 0 Å². The Hall–Kier alpha value is -0.130. The summed E-state index contributed by atoms with van der Waals surface area (Å²) < 4.78 is 32.0. The number of unbranched alkanes of at least 4 members (excludes halogenated alkanes) is 7. The molecule has 2 N–H and O–H groups in total. The van der Waals surface area contributed by atoms with Crippen molar-refractivity contribution in [2.24, 2.45) is 0 Å². The Bertz CT molecular complexity index is 327. The number of rotatable bonds is 14. The van der Waals surface area contributed by atoms with E-state index in [9.17, 15) is 18.1 Å². The van der Waals surface area contributed by atoms with E-state index >= 15 is 0 Å². The molecule has 0 aromatic rings. The van der Waals surface area contributed by atoms with Crippen molar-refractivity contribution >= 4 is 10.1 Å². The maximum Gasteiger partial charge on any atom is 0.267 e. The van der Waals surface area contributed by atoms with Crippen LogP contribution in [-0.4, -0.2) is 29.4 Å². The number of hydrogen-bond donors (Lipinski definition) is 2. The smallest absolute Gasteiger partial charge is 0.267 e. The Balaban J connectivity index is 3.88. The van der Waals surface area contributed by atoms with Crippen LogP contribution in [0.1, 0.15) is 90.9 Å². The Kier molecular flexibility index (Phi) is 12.3. The molecule has 0 spiro atoms. The van der Waals surface area contributed by atoms with Crippen molar-refractivity contribution in [1.29, 1.82) is 0 Å². The van der Waals surface area contributed by atoms with Crippen LogP contribution in [0.4, 0.5) is 0 Å². The largest absolute Gasteiger partial charge is 0.393 e. The standard InChI is InChI=1S/C16H34O4S/c1-3-5-6-7-8-9-10-11-13-16(21(18,19)20)14-15(17)12-4-2/h15-17H,3-14H2,1-2H3,(H,18,19,20). The van der Waals surface area contributed by atoms with Crippen LogP contribution < -0.4 is 0 Å². The molecule has 4 nitrogen and oxygen atoms in total. The minimum atomic E-state index is -4.04. The topological polar surface area (TPSA) is 74.6 Å². The molecule has 0 fully saturated rings. The molecule has 0 radical (unpaired) electrons. The molecule has 5 heteroatoms. The molecular formula is C16H34O4S. The SMILES string of the molecule is CCCCCCCCCCC(CC(O)CCC)S(=O)(=O)O. The normalized spacial score (nSPS) is 15.0. The van der Waals surface area contributed by atoms with Crippen molar-refractivity contribution in [3.8, 4) is 0 Å². The second-order valence-electron chi connectivity index (χ2n) is 6.08. The molecule has 0 heterocycles. The summed E-state index contributed by atoms with van der Waals surface area (Å²) in [5.74, 6) is 0. The van der Waals surface area contributed by atoms with E-state index in [4.69, 9.17) is 0 Å². The van der Waals surface area contributed by atoms with Gasteiger partial charge in [0.1, 0.15) is 0 Å². The van der Waals surface area contributed by atoms with E-state index in [1.165, 1.54) is 32.1 Å².